The number of carbonyl (C=O) groups excluding carboxylic acids is 3. The Labute approximate surface area is 245 Å². The molecule has 2 aliphatic heterocycles. The number of hydrogen-bond donors (Lipinski definition) is 1. The van der Waals surface area contributed by atoms with Gasteiger partial charge in [0.25, 0.3) is 11.8 Å². The maximum atomic E-state index is 15.3. The van der Waals surface area contributed by atoms with Crippen molar-refractivity contribution in [3.63, 3.8) is 0 Å². The lowest BCUT2D eigenvalue weighted by Gasteiger charge is -2.42. The van der Waals surface area contributed by atoms with E-state index in [1.54, 1.807) is 30.3 Å². The number of alkyl halides is 2. The average molecular weight is 580 g/mol. The highest BCUT2D eigenvalue weighted by molar-refractivity contribution is 5.95. The van der Waals surface area contributed by atoms with Gasteiger partial charge >= 0.3 is 0 Å². The third-order valence-corrected chi connectivity index (χ3v) is 8.81. The zero-order valence-corrected chi connectivity index (χ0v) is 24.3. The lowest BCUT2D eigenvalue weighted by molar-refractivity contribution is -0.125. The van der Waals surface area contributed by atoms with E-state index in [0.29, 0.717) is 38.0 Å². The number of piperidine rings is 2. The molecule has 3 amide bonds. The van der Waals surface area contributed by atoms with E-state index in [2.05, 4.69) is 33.8 Å². The molecule has 2 aromatic carbocycles. The Morgan fingerprint density at radius 3 is 2.48 bits per heavy atom. The van der Waals surface area contributed by atoms with Crippen molar-refractivity contribution in [1.29, 1.82) is 0 Å². The van der Waals surface area contributed by atoms with E-state index in [9.17, 15) is 14.4 Å². The van der Waals surface area contributed by atoms with E-state index in [1.165, 1.54) is 4.90 Å². The highest BCUT2D eigenvalue weighted by atomic mass is 19.3. The molecule has 1 unspecified atom stereocenters. The smallest absolute Gasteiger partial charge is 0.269 e. The van der Waals surface area contributed by atoms with Crippen molar-refractivity contribution in [2.45, 2.75) is 44.6 Å². The number of nitrogens with one attached hydrogen (secondary N) is 1. The Kier molecular flexibility index (Phi) is 8.91. The Bertz CT molecular complexity index is 1420. The van der Waals surface area contributed by atoms with Gasteiger partial charge in [-0.05, 0) is 56.5 Å². The third-order valence-electron chi connectivity index (χ3n) is 8.81. The Morgan fingerprint density at radius 1 is 1.05 bits per heavy atom. The van der Waals surface area contributed by atoms with Gasteiger partial charge in [0.15, 0.2) is 0 Å². The van der Waals surface area contributed by atoms with Crippen molar-refractivity contribution in [3.05, 3.63) is 65.9 Å². The fourth-order valence-electron chi connectivity index (χ4n) is 6.53. The fraction of sp³-hybridized carbons (Fsp3) is 0.469. The summed E-state index contributed by atoms with van der Waals surface area (Å²) in [6.45, 7) is 4.21. The van der Waals surface area contributed by atoms with Crippen molar-refractivity contribution >= 4 is 34.8 Å². The van der Waals surface area contributed by atoms with Gasteiger partial charge in [-0.15, -0.1) is 0 Å². The van der Waals surface area contributed by atoms with E-state index < -0.39 is 18.4 Å². The van der Waals surface area contributed by atoms with E-state index in [-0.39, 0.29) is 24.3 Å². The van der Waals surface area contributed by atoms with Gasteiger partial charge in [-0.2, -0.15) is 0 Å². The summed E-state index contributed by atoms with van der Waals surface area (Å²) in [5.41, 5.74) is 3.73. The van der Waals surface area contributed by atoms with Crippen LogP contribution in [0, 0.1) is 12.8 Å². The van der Waals surface area contributed by atoms with Crippen LogP contribution in [0.2, 0.25) is 0 Å². The molecule has 0 aliphatic carbocycles. The Balaban J connectivity index is 1.19. The first-order valence-electron chi connectivity index (χ1n) is 14.7. The van der Waals surface area contributed by atoms with Crippen LogP contribution in [0.1, 0.15) is 47.8 Å². The molecule has 42 heavy (non-hydrogen) atoms. The summed E-state index contributed by atoms with van der Waals surface area (Å²) in [6.07, 6.45) is 2.65. The highest BCUT2D eigenvalue weighted by Gasteiger charge is 2.46. The van der Waals surface area contributed by atoms with E-state index in [1.807, 2.05) is 24.1 Å². The second-order valence-electron chi connectivity index (χ2n) is 11.6. The number of likely N-dealkylation sites (tertiary alicyclic amines) is 2. The van der Waals surface area contributed by atoms with Crippen LogP contribution in [0.3, 0.4) is 0 Å². The second-order valence-corrected chi connectivity index (χ2v) is 11.6. The Hall–Kier alpha value is -3.79. The minimum absolute atomic E-state index is 0.213. The normalized spacial score (nSPS) is 19.5. The molecule has 0 bridgehead atoms. The number of benzene rings is 2. The number of imide groups is 1. The molecule has 1 atom stereocenters. The van der Waals surface area contributed by atoms with Gasteiger partial charge in [-0.25, -0.2) is 8.78 Å². The molecule has 0 radical (unpaired) electrons. The van der Waals surface area contributed by atoms with Gasteiger partial charge < -0.3 is 19.3 Å². The van der Waals surface area contributed by atoms with Gasteiger partial charge in [-0.3, -0.25) is 19.7 Å². The van der Waals surface area contributed by atoms with Gasteiger partial charge in [0, 0.05) is 80.5 Å². The zero-order valence-electron chi connectivity index (χ0n) is 24.3. The van der Waals surface area contributed by atoms with Crippen LogP contribution in [0.15, 0.2) is 54.6 Å². The summed E-state index contributed by atoms with van der Waals surface area (Å²) < 4.78 is 32.9. The molecular formula is C32H39F2N5O3. The van der Waals surface area contributed by atoms with Crippen LogP contribution in [0.4, 0.5) is 14.5 Å². The molecule has 224 valence electrons. The standard InChI is InChI=1S/C32H39F2N5O3/c1-23-19-27-28(36(2)15-14-30(41)35-22-40)9-6-10-29(27)39(23)26-12-16-37(17-13-26)20-25-11-18-38(21-32(25,33)34)31(42)24-7-4-3-5-8-24/h3-10,19,22,25-26H,11-18,20-21H2,1-2H3,(H,35,40,41). The monoisotopic (exact) mass is 579 g/mol. The highest BCUT2D eigenvalue weighted by Crippen LogP contribution is 2.37. The number of aromatic nitrogens is 1. The first-order chi connectivity index (χ1) is 20.2. The lowest BCUT2D eigenvalue weighted by Crippen LogP contribution is -2.54. The quantitative estimate of drug-likeness (QED) is 0.379. The number of hydrogen-bond acceptors (Lipinski definition) is 5. The molecule has 10 heteroatoms. The maximum Gasteiger partial charge on any atom is 0.269 e. The van der Waals surface area contributed by atoms with Gasteiger partial charge in [-0.1, -0.05) is 24.3 Å². The van der Waals surface area contributed by atoms with E-state index >= 15 is 8.78 Å². The molecule has 2 saturated heterocycles. The Morgan fingerprint density at radius 2 is 1.79 bits per heavy atom. The summed E-state index contributed by atoms with van der Waals surface area (Å²) in [6, 6.07) is 17.2. The van der Waals surface area contributed by atoms with Crippen LogP contribution < -0.4 is 10.2 Å². The number of aryl methyl sites for hydroxylation is 1. The number of halogens is 2. The van der Waals surface area contributed by atoms with Crippen LogP contribution in [0.5, 0.6) is 0 Å². The molecule has 2 fully saturated rings. The summed E-state index contributed by atoms with van der Waals surface area (Å²) in [5, 5.41) is 3.28. The zero-order chi connectivity index (χ0) is 29.9. The van der Waals surface area contributed by atoms with E-state index in [4.69, 9.17) is 0 Å². The summed E-state index contributed by atoms with van der Waals surface area (Å²) in [5.74, 6) is -4.34. The molecule has 5 rings (SSSR count). The number of anilines is 1. The van der Waals surface area contributed by atoms with E-state index in [0.717, 1.165) is 48.2 Å². The van der Waals surface area contributed by atoms with Crippen molar-refractivity contribution in [2.24, 2.45) is 5.92 Å². The van der Waals surface area contributed by atoms with Crippen molar-refractivity contribution < 1.29 is 23.2 Å². The molecule has 1 N–H and O–H groups in total. The molecule has 1 aromatic heterocycles. The summed E-state index contributed by atoms with van der Waals surface area (Å²) in [4.78, 5) is 40.5. The molecule has 0 spiro atoms. The third kappa shape index (κ3) is 6.33. The number of nitrogens with zero attached hydrogens (tertiary/aromatic N) is 4. The average Bonchev–Trinajstić information content (AvgIpc) is 3.33. The van der Waals surface area contributed by atoms with Crippen LogP contribution >= 0.6 is 0 Å². The molecule has 0 saturated carbocycles. The molecule has 8 nitrogen and oxygen atoms in total. The predicted molar refractivity (Wildman–Crippen MR) is 159 cm³/mol. The fourth-order valence-corrected chi connectivity index (χ4v) is 6.53. The largest absolute Gasteiger partial charge is 0.374 e. The number of fused-ring (bicyclic) bond motifs is 1. The second kappa shape index (κ2) is 12.6. The van der Waals surface area contributed by atoms with Crippen LogP contribution in [-0.2, 0) is 9.59 Å². The topological polar surface area (TPSA) is 77.9 Å². The predicted octanol–water partition coefficient (Wildman–Crippen LogP) is 4.48. The molecule has 3 aromatic rings. The number of carbonyl (C=O) groups is 3. The molecular weight excluding hydrogens is 540 g/mol. The van der Waals surface area contributed by atoms with Crippen molar-refractivity contribution in [1.82, 2.24) is 19.7 Å². The first kappa shape index (κ1) is 29.7. The number of amides is 3. The maximum absolute atomic E-state index is 15.3. The molecule has 2 aliphatic rings. The molecule has 3 heterocycles. The minimum Gasteiger partial charge on any atom is -0.374 e. The van der Waals surface area contributed by atoms with Gasteiger partial charge in [0.1, 0.15) is 0 Å². The van der Waals surface area contributed by atoms with Crippen LogP contribution in [-0.4, -0.2) is 84.8 Å². The van der Waals surface area contributed by atoms with Gasteiger partial charge in [0.2, 0.25) is 12.3 Å². The van der Waals surface area contributed by atoms with Crippen LogP contribution in [0.25, 0.3) is 10.9 Å². The summed E-state index contributed by atoms with van der Waals surface area (Å²) >= 11 is 0. The number of rotatable bonds is 9. The first-order valence-corrected chi connectivity index (χ1v) is 14.7. The lowest BCUT2D eigenvalue weighted by atomic mass is 9.90. The minimum atomic E-state index is -2.93. The SMILES string of the molecule is Cc1cc2c(N(C)CCC(=O)NC=O)cccc2n1C1CCN(CC2CCN(C(=O)c3ccccc3)CC2(F)F)CC1. The van der Waals surface area contributed by atoms with Crippen molar-refractivity contribution in [2.75, 3.05) is 51.2 Å². The van der Waals surface area contributed by atoms with Crippen molar-refractivity contribution in [3.8, 4) is 0 Å². The summed E-state index contributed by atoms with van der Waals surface area (Å²) in [7, 11) is 1.94. The van der Waals surface area contributed by atoms with Gasteiger partial charge in [0.05, 0.1) is 12.1 Å².